The van der Waals surface area contributed by atoms with E-state index in [0.717, 1.165) is 5.75 Å². The van der Waals surface area contributed by atoms with Crippen LogP contribution in [-0.4, -0.2) is 5.75 Å². The number of hydrogen-bond acceptors (Lipinski definition) is 2. The number of aryl methyl sites for hydroxylation is 1. The third-order valence-electron chi connectivity index (χ3n) is 1.48. The molecule has 0 aliphatic rings. The minimum Gasteiger partial charge on any atom is -0.207 e. The van der Waals surface area contributed by atoms with Gasteiger partial charge in [0.05, 0.1) is 0 Å². The van der Waals surface area contributed by atoms with E-state index >= 15 is 0 Å². The molecule has 0 radical (unpaired) electrons. The van der Waals surface area contributed by atoms with E-state index in [4.69, 9.17) is 11.6 Å². The Morgan fingerprint density at radius 2 is 2.25 bits per heavy atom. The van der Waals surface area contributed by atoms with Gasteiger partial charge in [-0.1, -0.05) is 28.5 Å². The average molecular weight is 223 g/mol. The van der Waals surface area contributed by atoms with E-state index in [2.05, 4.69) is 11.7 Å². The largest absolute Gasteiger partial charge is 0.207 e. The second-order valence-corrected chi connectivity index (χ2v) is 4.20. The highest BCUT2D eigenvalue weighted by Crippen LogP contribution is 2.17. The summed E-state index contributed by atoms with van der Waals surface area (Å²) in [6.07, 6.45) is 0.692. The molecule has 0 aliphatic carbocycles. The van der Waals surface area contributed by atoms with Crippen LogP contribution in [0, 0.1) is 5.82 Å². The maximum Gasteiger partial charge on any atom is 0.127 e. The molecule has 0 aliphatic heterocycles. The van der Waals surface area contributed by atoms with Gasteiger partial charge >= 0.3 is 0 Å². The van der Waals surface area contributed by atoms with Crippen molar-refractivity contribution in [2.75, 3.05) is 5.75 Å². The molecule has 1 rings (SSSR count). The second-order valence-electron chi connectivity index (χ2n) is 2.32. The Morgan fingerprint density at radius 1 is 1.50 bits per heavy atom. The summed E-state index contributed by atoms with van der Waals surface area (Å²) in [6, 6.07) is 4.74. The third-order valence-corrected chi connectivity index (χ3v) is 2.65. The van der Waals surface area contributed by atoms with Gasteiger partial charge in [-0.15, -0.1) is 11.7 Å². The molecule has 0 atom stereocenters. The molecule has 0 spiro atoms. The average Bonchev–Trinajstić information content (AvgIpc) is 2.03. The van der Waals surface area contributed by atoms with Gasteiger partial charge in [0.1, 0.15) is 5.82 Å². The minimum atomic E-state index is -0.232. The molecule has 0 bridgehead atoms. The Labute approximate surface area is 85.3 Å². The van der Waals surface area contributed by atoms with E-state index in [1.54, 1.807) is 12.1 Å². The first-order chi connectivity index (χ1) is 5.74. The van der Waals surface area contributed by atoms with Crippen molar-refractivity contribution in [3.05, 3.63) is 34.6 Å². The second kappa shape index (κ2) is 5.00. The highest BCUT2D eigenvalue weighted by molar-refractivity contribution is 8.68. The normalized spacial score (nSPS) is 10.2. The fraction of sp³-hybridized carbons (Fsp3) is 0.250. The van der Waals surface area contributed by atoms with Crippen LogP contribution in [0.25, 0.3) is 0 Å². The molecule has 66 valence electrons. The Kier molecular flexibility index (Phi) is 4.26. The van der Waals surface area contributed by atoms with Crippen LogP contribution in [0.4, 0.5) is 4.39 Å². The number of hydrogen-bond donors (Lipinski definition) is 1. The molecule has 1 aromatic rings. The molecule has 0 N–H and O–H groups in total. The van der Waals surface area contributed by atoms with Crippen LogP contribution in [-0.2, 0) is 6.42 Å². The lowest BCUT2D eigenvalue weighted by molar-refractivity contribution is 0.613. The number of benzene rings is 1. The molecule has 4 heteroatoms. The fourth-order valence-electron chi connectivity index (χ4n) is 0.880. The molecule has 0 amide bonds. The fourth-order valence-corrected chi connectivity index (χ4v) is 1.62. The van der Waals surface area contributed by atoms with Gasteiger partial charge in [-0.3, -0.25) is 0 Å². The van der Waals surface area contributed by atoms with Gasteiger partial charge in [-0.2, -0.15) is 0 Å². The molecule has 0 heterocycles. The van der Waals surface area contributed by atoms with E-state index in [-0.39, 0.29) is 5.82 Å². The first-order valence-corrected chi connectivity index (χ1v) is 5.86. The molecular formula is C8H8ClFS2. The van der Waals surface area contributed by atoms with Crippen LogP contribution in [0.3, 0.4) is 0 Å². The van der Waals surface area contributed by atoms with Crippen molar-refractivity contribution in [3.8, 4) is 0 Å². The zero-order chi connectivity index (χ0) is 8.97. The van der Waals surface area contributed by atoms with E-state index in [1.165, 1.54) is 16.9 Å². The highest BCUT2D eigenvalue weighted by Gasteiger charge is 2.01. The van der Waals surface area contributed by atoms with Crippen LogP contribution < -0.4 is 0 Å². The standard InChI is InChI=1S/C8H8ClFS2/c9-7-2-1-6(3-4-12-11)8(10)5-7/h1-2,5,11H,3-4H2. The van der Waals surface area contributed by atoms with Crippen LogP contribution in [0.1, 0.15) is 5.56 Å². The molecule has 0 saturated carbocycles. The monoisotopic (exact) mass is 222 g/mol. The third kappa shape index (κ3) is 2.88. The van der Waals surface area contributed by atoms with Crippen molar-refractivity contribution in [2.24, 2.45) is 0 Å². The molecule has 1 aromatic carbocycles. The van der Waals surface area contributed by atoms with Crippen LogP contribution in [0.15, 0.2) is 18.2 Å². The maximum absolute atomic E-state index is 13.1. The first kappa shape index (κ1) is 10.2. The minimum absolute atomic E-state index is 0.232. The predicted octanol–water partition coefficient (Wildman–Crippen LogP) is 3.60. The molecule has 0 saturated heterocycles. The SMILES string of the molecule is Fc1cc(Cl)ccc1CCSS. The first-order valence-electron chi connectivity index (χ1n) is 3.44. The zero-order valence-electron chi connectivity index (χ0n) is 6.26. The Hall–Kier alpha value is 0.140. The van der Waals surface area contributed by atoms with E-state index in [1.807, 2.05) is 0 Å². The smallest absolute Gasteiger partial charge is 0.127 e. The topological polar surface area (TPSA) is 0 Å². The predicted molar refractivity (Wildman–Crippen MR) is 56.6 cm³/mol. The maximum atomic E-state index is 13.1. The van der Waals surface area contributed by atoms with Crippen molar-refractivity contribution in [3.63, 3.8) is 0 Å². The van der Waals surface area contributed by atoms with Gasteiger partial charge in [0.15, 0.2) is 0 Å². The summed E-state index contributed by atoms with van der Waals surface area (Å²) in [5, 5.41) is 0.440. The van der Waals surface area contributed by atoms with Crippen LogP contribution in [0.5, 0.6) is 0 Å². The lowest BCUT2D eigenvalue weighted by Gasteiger charge is -2.00. The quantitative estimate of drug-likeness (QED) is 0.602. The van der Waals surface area contributed by atoms with E-state index in [9.17, 15) is 4.39 Å². The van der Waals surface area contributed by atoms with Gasteiger partial charge in [-0.05, 0) is 24.1 Å². The number of halogens is 2. The summed E-state index contributed by atoms with van der Waals surface area (Å²) in [4.78, 5) is 0. The Balaban J connectivity index is 2.72. The van der Waals surface area contributed by atoms with Crippen LogP contribution >= 0.6 is 34.1 Å². The summed E-state index contributed by atoms with van der Waals surface area (Å²) in [5.41, 5.74) is 0.695. The van der Waals surface area contributed by atoms with Gasteiger partial charge in [-0.25, -0.2) is 4.39 Å². The van der Waals surface area contributed by atoms with Gasteiger partial charge in [0.25, 0.3) is 0 Å². The summed E-state index contributed by atoms with van der Waals surface area (Å²) < 4.78 is 13.1. The molecular weight excluding hydrogens is 215 g/mol. The van der Waals surface area contributed by atoms with Crippen molar-refractivity contribution < 1.29 is 4.39 Å². The zero-order valence-corrected chi connectivity index (χ0v) is 8.72. The van der Waals surface area contributed by atoms with Crippen molar-refractivity contribution >= 4 is 34.1 Å². The Bertz CT molecular complexity index is 265. The Morgan fingerprint density at radius 3 is 2.83 bits per heavy atom. The van der Waals surface area contributed by atoms with Crippen molar-refractivity contribution in [1.29, 1.82) is 0 Å². The van der Waals surface area contributed by atoms with Gasteiger partial charge < -0.3 is 0 Å². The molecule has 0 nitrogen and oxygen atoms in total. The van der Waals surface area contributed by atoms with Gasteiger partial charge in [0, 0.05) is 10.8 Å². The van der Waals surface area contributed by atoms with Crippen LogP contribution in [0.2, 0.25) is 5.02 Å². The lowest BCUT2D eigenvalue weighted by Crippen LogP contribution is -1.91. The van der Waals surface area contributed by atoms with E-state index < -0.39 is 0 Å². The summed E-state index contributed by atoms with van der Waals surface area (Å²) in [6.45, 7) is 0. The van der Waals surface area contributed by atoms with E-state index in [0.29, 0.717) is 17.0 Å². The lowest BCUT2D eigenvalue weighted by atomic mass is 10.2. The molecule has 0 aromatic heterocycles. The number of rotatable bonds is 3. The van der Waals surface area contributed by atoms with Crippen molar-refractivity contribution in [1.82, 2.24) is 0 Å². The van der Waals surface area contributed by atoms with Crippen molar-refractivity contribution in [2.45, 2.75) is 6.42 Å². The molecule has 0 fully saturated rings. The highest BCUT2D eigenvalue weighted by atomic mass is 35.5. The molecule has 0 unspecified atom stereocenters. The molecule has 12 heavy (non-hydrogen) atoms. The summed E-state index contributed by atoms with van der Waals surface area (Å²) >= 11 is 9.56. The number of thiol groups is 1. The van der Waals surface area contributed by atoms with Gasteiger partial charge in [0.2, 0.25) is 0 Å². The summed E-state index contributed by atoms with van der Waals surface area (Å²) in [7, 11) is 1.40. The summed E-state index contributed by atoms with van der Waals surface area (Å²) in [5.74, 6) is 0.576.